The number of benzene rings is 9. The molecule has 0 aliphatic carbocycles. The van der Waals surface area contributed by atoms with Gasteiger partial charge in [-0.05, 0) is 69.5 Å². The third-order valence-corrected chi connectivity index (χ3v) is 14.8. The maximum absolute atomic E-state index is 7.40. The second-order valence-electron chi connectivity index (χ2n) is 20.7. The first-order valence-corrected chi connectivity index (χ1v) is 23.7. The lowest BCUT2D eigenvalue weighted by Gasteiger charge is -2.45. The average molecular weight is 883 g/mol. The van der Waals surface area contributed by atoms with E-state index in [2.05, 4.69) is 236 Å². The second-order valence-corrected chi connectivity index (χ2v) is 20.7. The van der Waals surface area contributed by atoms with Gasteiger partial charge in [0.15, 0.2) is 0 Å². The molecule has 68 heavy (non-hydrogen) atoms. The van der Waals surface area contributed by atoms with E-state index < -0.39 is 10.8 Å². The largest absolute Gasteiger partial charge is 0.457 e. The predicted octanol–water partition coefficient (Wildman–Crippen LogP) is 16.8. The lowest BCUT2D eigenvalue weighted by molar-refractivity contribution is 0.400. The molecule has 330 valence electrons. The van der Waals surface area contributed by atoms with Gasteiger partial charge in [0.25, 0.3) is 0 Å². The van der Waals surface area contributed by atoms with Crippen molar-refractivity contribution in [2.45, 2.75) is 63.2 Å². The number of hydrogen-bond acceptors (Lipinski definition) is 4. The van der Waals surface area contributed by atoms with E-state index in [1.54, 1.807) is 0 Å². The second kappa shape index (κ2) is 14.3. The van der Waals surface area contributed by atoms with Gasteiger partial charge in [-0.2, -0.15) is 0 Å². The van der Waals surface area contributed by atoms with Crippen LogP contribution in [-0.2, 0) is 21.7 Å². The molecule has 9 aromatic carbocycles. The lowest BCUT2D eigenvalue weighted by atomic mass is 9.61. The summed E-state index contributed by atoms with van der Waals surface area (Å²) in [6.45, 7) is 14.0. The molecule has 0 saturated carbocycles. The van der Waals surface area contributed by atoms with E-state index in [9.17, 15) is 0 Å². The fourth-order valence-corrected chi connectivity index (χ4v) is 12.2. The maximum atomic E-state index is 7.40. The Balaban J connectivity index is 1.13. The van der Waals surface area contributed by atoms with E-state index in [4.69, 9.17) is 18.9 Å². The van der Waals surface area contributed by atoms with Gasteiger partial charge < -0.3 is 18.9 Å². The Morgan fingerprint density at radius 1 is 0.279 bits per heavy atom. The van der Waals surface area contributed by atoms with Crippen LogP contribution in [0.5, 0.6) is 46.0 Å². The van der Waals surface area contributed by atoms with Crippen molar-refractivity contribution in [2.75, 3.05) is 0 Å². The number of ether oxygens (including phenoxy) is 4. The van der Waals surface area contributed by atoms with Crippen LogP contribution in [0.4, 0.5) is 0 Å². The standard InChI is InChI=1S/C64H50O4/c1-61(2,3)48-38-37-39(40-21-19-29-49-59(40)67-55-35-17-11-27-46(55)63(49)42-23-7-13-31-51(42)65-52-32-14-8-24-43(52)63)58(62(4,5)6)57(48)41-22-20-30-50-60(41)68-56-36-18-12-28-47(56)64(50)44-25-9-15-33-53(44)66-54-34-16-10-26-45(54)64/h7-38H,1-6H3. The van der Waals surface area contributed by atoms with Crippen molar-refractivity contribution >= 4 is 0 Å². The Morgan fingerprint density at radius 3 is 0.971 bits per heavy atom. The summed E-state index contributed by atoms with van der Waals surface area (Å²) in [6, 6.07) is 69.3. The van der Waals surface area contributed by atoms with Crippen LogP contribution in [0.3, 0.4) is 0 Å². The molecule has 0 atom stereocenters. The minimum Gasteiger partial charge on any atom is -0.457 e. The van der Waals surface area contributed by atoms with Crippen LogP contribution in [0.15, 0.2) is 194 Å². The first kappa shape index (κ1) is 40.5. The molecule has 0 aromatic heterocycles. The summed E-state index contributed by atoms with van der Waals surface area (Å²) in [6.07, 6.45) is 0. The van der Waals surface area contributed by atoms with Gasteiger partial charge >= 0.3 is 0 Å². The van der Waals surface area contributed by atoms with Gasteiger partial charge in [-0.25, -0.2) is 0 Å². The molecule has 0 fully saturated rings. The Labute approximate surface area is 398 Å². The molecule has 4 nitrogen and oxygen atoms in total. The number of rotatable bonds is 2. The first-order chi connectivity index (χ1) is 33.0. The zero-order valence-electron chi connectivity index (χ0n) is 39.1. The van der Waals surface area contributed by atoms with E-state index in [1.807, 2.05) is 0 Å². The van der Waals surface area contributed by atoms with Crippen LogP contribution >= 0.6 is 0 Å². The van der Waals surface area contributed by atoms with Crippen molar-refractivity contribution in [1.29, 1.82) is 0 Å². The van der Waals surface area contributed by atoms with Crippen LogP contribution in [-0.4, -0.2) is 0 Å². The smallest absolute Gasteiger partial charge is 0.140 e. The number of para-hydroxylation sites is 8. The highest BCUT2D eigenvalue weighted by molar-refractivity contribution is 5.91. The molecule has 4 aliphatic heterocycles. The van der Waals surface area contributed by atoms with E-state index >= 15 is 0 Å². The van der Waals surface area contributed by atoms with Gasteiger partial charge in [0.2, 0.25) is 0 Å². The summed E-state index contributed by atoms with van der Waals surface area (Å²) in [5.74, 6) is 6.71. The molecule has 0 bridgehead atoms. The summed E-state index contributed by atoms with van der Waals surface area (Å²) in [4.78, 5) is 0. The molecular weight excluding hydrogens is 833 g/mol. The fourth-order valence-electron chi connectivity index (χ4n) is 12.2. The zero-order chi connectivity index (χ0) is 46.2. The molecule has 2 spiro atoms. The van der Waals surface area contributed by atoms with Crippen molar-refractivity contribution in [2.24, 2.45) is 0 Å². The normalized spacial score (nSPS) is 15.0. The Bertz CT molecular complexity index is 3440. The van der Waals surface area contributed by atoms with Gasteiger partial charge in [0, 0.05) is 55.6 Å². The predicted molar refractivity (Wildman–Crippen MR) is 272 cm³/mol. The molecule has 0 radical (unpaired) electrons. The highest BCUT2D eigenvalue weighted by Crippen LogP contribution is 2.65. The summed E-state index contributed by atoms with van der Waals surface area (Å²) in [5, 5.41) is 0. The van der Waals surface area contributed by atoms with Gasteiger partial charge in [0.05, 0.1) is 10.8 Å². The lowest BCUT2D eigenvalue weighted by Crippen LogP contribution is -2.37. The molecule has 0 unspecified atom stereocenters. The minimum atomic E-state index is -0.725. The summed E-state index contributed by atoms with van der Waals surface area (Å²) in [5.41, 5.74) is 13.5. The molecule has 4 heterocycles. The average Bonchev–Trinajstić information content (AvgIpc) is 3.35. The molecule has 0 amide bonds. The quantitative estimate of drug-likeness (QED) is 0.173. The van der Waals surface area contributed by atoms with Crippen LogP contribution < -0.4 is 18.9 Å². The summed E-state index contributed by atoms with van der Waals surface area (Å²) in [7, 11) is 0. The van der Waals surface area contributed by atoms with E-state index in [-0.39, 0.29) is 10.8 Å². The molecule has 4 aliphatic rings. The van der Waals surface area contributed by atoms with Gasteiger partial charge in [-0.1, -0.05) is 199 Å². The Morgan fingerprint density at radius 2 is 0.603 bits per heavy atom. The van der Waals surface area contributed by atoms with Crippen molar-refractivity contribution in [3.8, 4) is 68.2 Å². The van der Waals surface area contributed by atoms with Crippen molar-refractivity contribution in [3.05, 3.63) is 250 Å². The number of hydrogen-bond donors (Lipinski definition) is 0. The van der Waals surface area contributed by atoms with Crippen LogP contribution in [0, 0.1) is 0 Å². The summed E-state index contributed by atoms with van der Waals surface area (Å²) < 4.78 is 28.2. The van der Waals surface area contributed by atoms with Crippen molar-refractivity contribution < 1.29 is 18.9 Å². The third-order valence-electron chi connectivity index (χ3n) is 14.8. The molecular formula is C64H50O4. The minimum absolute atomic E-state index is 0.246. The van der Waals surface area contributed by atoms with Gasteiger partial charge in [-0.15, -0.1) is 0 Å². The van der Waals surface area contributed by atoms with E-state index in [0.29, 0.717) is 0 Å². The SMILES string of the molecule is CC(C)(C)c1ccc(-c2cccc3c2Oc2ccccc2C32c3ccccc3Oc3ccccc32)c(C(C)(C)C)c1-c1cccc2c1Oc1ccccc1C21c2ccccc2Oc2ccccc21. The van der Waals surface area contributed by atoms with Crippen molar-refractivity contribution in [3.63, 3.8) is 0 Å². The molecule has 9 aromatic rings. The van der Waals surface area contributed by atoms with Gasteiger partial charge in [0.1, 0.15) is 46.0 Å². The van der Waals surface area contributed by atoms with Crippen molar-refractivity contribution in [1.82, 2.24) is 0 Å². The third kappa shape index (κ3) is 5.43. The van der Waals surface area contributed by atoms with Crippen LogP contribution in [0.1, 0.15) is 97.2 Å². The zero-order valence-corrected chi connectivity index (χ0v) is 39.1. The Hall–Kier alpha value is -7.82. The maximum Gasteiger partial charge on any atom is 0.140 e. The van der Waals surface area contributed by atoms with Crippen LogP contribution in [0.2, 0.25) is 0 Å². The van der Waals surface area contributed by atoms with Crippen LogP contribution in [0.25, 0.3) is 22.3 Å². The molecule has 0 N–H and O–H groups in total. The first-order valence-electron chi connectivity index (χ1n) is 23.7. The highest BCUT2D eigenvalue weighted by atomic mass is 16.5. The Kier molecular flexibility index (Phi) is 8.53. The molecule has 4 heteroatoms. The number of fused-ring (bicyclic) bond motifs is 16. The summed E-state index contributed by atoms with van der Waals surface area (Å²) >= 11 is 0. The van der Waals surface area contributed by atoms with E-state index in [0.717, 1.165) is 107 Å². The molecule has 0 saturated heterocycles. The van der Waals surface area contributed by atoms with Gasteiger partial charge in [-0.3, -0.25) is 0 Å². The molecule has 13 rings (SSSR count). The highest BCUT2D eigenvalue weighted by Gasteiger charge is 2.53. The fraction of sp³-hybridized carbons (Fsp3) is 0.156. The van der Waals surface area contributed by atoms with E-state index in [1.165, 1.54) is 16.7 Å². The monoisotopic (exact) mass is 882 g/mol. The topological polar surface area (TPSA) is 36.9 Å².